The predicted octanol–water partition coefficient (Wildman–Crippen LogP) is 2.92. The van der Waals surface area contributed by atoms with Gasteiger partial charge in [0.05, 0.1) is 24.4 Å². The summed E-state index contributed by atoms with van der Waals surface area (Å²) >= 11 is 0. The first-order chi connectivity index (χ1) is 12.0. The minimum Gasteiger partial charge on any atom is -0.459 e. The maximum Gasteiger partial charge on any atom is 0.397 e. The van der Waals surface area contributed by atoms with Gasteiger partial charge in [-0.15, -0.1) is 0 Å². The van der Waals surface area contributed by atoms with Crippen molar-refractivity contribution in [1.82, 2.24) is 14.7 Å². The molecule has 1 amide bonds. The number of aryl methyl sites for hydroxylation is 1. The Morgan fingerprint density at radius 3 is 2.80 bits per heavy atom. The lowest BCUT2D eigenvalue weighted by Gasteiger charge is -2.38. The number of nitrogens with zero attached hydrogens (tertiary/aromatic N) is 3. The van der Waals surface area contributed by atoms with Crippen molar-refractivity contribution in [3.8, 4) is 0 Å². The number of piperidine rings is 1. The average molecular weight is 343 g/mol. The van der Waals surface area contributed by atoms with E-state index in [4.69, 9.17) is 4.74 Å². The molecule has 1 aromatic heterocycles. The van der Waals surface area contributed by atoms with Crippen LogP contribution in [0.25, 0.3) is 10.9 Å². The normalized spacial score (nSPS) is 20.7. The van der Waals surface area contributed by atoms with Gasteiger partial charge in [0.2, 0.25) is 0 Å². The fraction of sp³-hybridized carbons (Fsp3) is 0.526. The van der Waals surface area contributed by atoms with Crippen LogP contribution in [0.15, 0.2) is 24.4 Å². The molecule has 2 atom stereocenters. The molecule has 134 valence electrons. The summed E-state index contributed by atoms with van der Waals surface area (Å²) in [5.41, 5.74) is 2.13. The van der Waals surface area contributed by atoms with Crippen LogP contribution in [0.1, 0.15) is 45.2 Å². The molecule has 3 rings (SSSR count). The molecule has 1 aliphatic rings. The Kier molecular flexibility index (Phi) is 5.06. The smallest absolute Gasteiger partial charge is 0.397 e. The van der Waals surface area contributed by atoms with Gasteiger partial charge in [-0.05, 0) is 50.3 Å². The highest BCUT2D eigenvalue weighted by Crippen LogP contribution is 2.34. The molecule has 0 bridgehead atoms. The number of amides is 1. The van der Waals surface area contributed by atoms with E-state index in [0.717, 1.165) is 35.9 Å². The third kappa shape index (κ3) is 3.38. The number of fused-ring (bicyclic) bond motifs is 1. The molecule has 2 aromatic rings. The van der Waals surface area contributed by atoms with Gasteiger partial charge in [0.25, 0.3) is 0 Å². The third-order valence-corrected chi connectivity index (χ3v) is 4.88. The summed E-state index contributed by atoms with van der Waals surface area (Å²) in [6, 6.07) is 6.08. The zero-order valence-corrected chi connectivity index (χ0v) is 15.1. The zero-order valence-electron chi connectivity index (χ0n) is 15.1. The molecular formula is C19H25N3O3. The van der Waals surface area contributed by atoms with E-state index in [1.165, 1.54) is 0 Å². The molecule has 0 unspecified atom stereocenters. The van der Waals surface area contributed by atoms with Crippen LogP contribution < -0.4 is 0 Å². The first-order valence-corrected chi connectivity index (χ1v) is 8.98. The number of ether oxygens (including phenoxy) is 1. The van der Waals surface area contributed by atoms with E-state index < -0.39 is 11.9 Å². The number of carbonyl (C=O) groups excluding carboxylic acids is 2. The maximum absolute atomic E-state index is 12.6. The summed E-state index contributed by atoms with van der Waals surface area (Å²) in [6.45, 7) is 7.48. The van der Waals surface area contributed by atoms with E-state index in [1.807, 2.05) is 23.0 Å². The molecule has 6 nitrogen and oxygen atoms in total. The fourth-order valence-corrected chi connectivity index (χ4v) is 3.60. The van der Waals surface area contributed by atoms with Gasteiger partial charge >= 0.3 is 11.9 Å². The Hall–Kier alpha value is -2.37. The van der Waals surface area contributed by atoms with E-state index in [2.05, 4.69) is 25.0 Å². The van der Waals surface area contributed by atoms with Crippen molar-refractivity contribution in [1.29, 1.82) is 0 Å². The first-order valence-electron chi connectivity index (χ1n) is 8.98. The van der Waals surface area contributed by atoms with Gasteiger partial charge in [0, 0.05) is 18.5 Å². The highest BCUT2D eigenvalue weighted by Gasteiger charge is 2.35. The lowest BCUT2D eigenvalue weighted by molar-refractivity contribution is -0.162. The number of hydrogen-bond donors (Lipinski definition) is 0. The van der Waals surface area contributed by atoms with Crippen molar-refractivity contribution in [2.45, 2.75) is 46.2 Å². The van der Waals surface area contributed by atoms with Crippen molar-refractivity contribution in [3.05, 3.63) is 30.0 Å². The molecular weight excluding hydrogens is 318 g/mol. The maximum atomic E-state index is 12.6. The van der Waals surface area contributed by atoms with Crippen LogP contribution >= 0.6 is 0 Å². The Labute approximate surface area is 147 Å². The first kappa shape index (κ1) is 17.5. The van der Waals surface area contributed by atoms with Crippen molar-refractivity contribution < 1.29 is 14.3 Å². The number of benzene rings is 1. The number of carbonyl (C=O) groups is 2. The number of likely N-dealkylation sites (tertiary alicyclic amines) is 1. The SMILES string of the molecule is CCOC(=O)C(=O)N1C[C@@H](C)CC[C@@H]1c1ccc2c(cnn2CC)c1. The lowest BCUT2D eigenvalue weighted by Crippen LogP contribution is -2.45. The molecule has 25 heavy (non-hydrogen) atoms. The number of esters is 1. The molecule has 1 fully saturated rings. The summed E-state index contributed by atoms with van der Waals surface area (Å²) in [6.07, 6.45) is 3.73. The lowest BCUT2D eigenvalue weighted by atomic mass is 9.89. The van der Waals surface area contributed by atoms with Gasteiger partial charge in [-0.3, -0.25) is 9.48 Å². The standard InChI is InChI=1S/C19H25N3O3/c1-4-22-17-9-7-14(10-15(17)11-20-22)16-8-6-13(3)12-21(16)18(23)19(24)25-5-2/h7,9-11,13,16H,4-6,8,12H2,1-3H3/t13-,16+/m0/s1. The second kappa shape index (κ2) is 7.25. The third-order valence-electron chi connectivity index (χ3n) is 4.88. The Morgan fingerprint density at radius 2 is 2.08 bits per heavy atom. The van der Waals surface area contributed by atoms with Crippen LogP contribution in [0.2, 0.25) is 0 Å². The summed E-state index contributed by atoms with van der Waals surface area (Å²) in [4.78, 5) is 26.2. The van der Waals surface area contributed by atoms with Gasteiger partial charge in [-0.1, -0.05) is 13.0 Å². The van der Waals surface area contributed by atoms with E-state index in [-0.39, 0.29) is 12.6 Å². The van der Waals surface area contributed by atoms with Crippen molar-refractivity contribution >= 4 is 22.8 Å². The van der Waals surface area contributed by atoms with Crippen LogP contribution in [0.3, 0.4) is 0 Å². The molecule has 1 aliphatic heterocycles. The quantitative estimate of drug-likeness (QED) is 0.635. The van der Waals surface area contributed by atoms with Crippen LogP contribution in [0, 0.1) is 5.92 Å². The van der Waals surface area contributed by atoms with Gasteiger partial charge in [-0.25, -0.2) is 4.79 Å². The van der Waals surface area contributed by atoms with Gasteiger partial charge in [0.15, 0.2) is 0 Å². The van der Waals surface area contributed by atoms with Crippen molar-refractivity contribution in [2.75, 3.05) is 13.2 Å². The summed E-state index contributed by atoms with van der Waals surface area (Å²) < 4.78 is 6.87. The van der Waals surface area contributed by atoms with Crippen molar-refractivity contribution in [2.24, 2.45) is 5.92 Å². The second-order valence-electron chi connectivity index (χ2n) is 6.65. The largest absolute Gasteiger partial charge is 0.459 e. The van der Waals surface area contributed by atoms with Gasteiger partial charge in [0.1, 0.15) is 0 Å². The molecule has 1 aromatic carbocycles. The molecule has 0 saturated carbocycles. The molecule has 0 spiro atoms. The molecule has 0 N–H and O–H groups in total. The van der Waals surface area contributed by atoms with Gasteiger partial charge in [-0.2, -0.15) is 5.10 Å². The average Bonchev–Trinajstić information content (AvgIpc) is 3.03. The van der Waals surface area contributed by atoms with Gasteiger partial charge < -0.3 is 9.64 Å². The second-order valence-corrected chi connectivity index (χ2v) is 6.65. The van der Waals surface area contributed by atoms with Crippen LogP contribution in [0.5, 0.6) is 0 Å². The van der Waals surface area contributed by atoms with Crippen LogP contribution in [-0.4, -0.2) is 39.7 Å². The molecule has 0 radical (unpaired) electrons. The van der Waals surface area contributed by atoms with E-state index in [9.17, 15) is 9.59 Å². The van der Waals surface area contributed by atoms with Crippen molar-refractivity contribution in [3.63, 3.8) is 0 Å². The molecule has 6 heteroatoms. The highest BCUT2D eigenvalue weighted by molar-refractivity contribution is 6.32. The summed E-state index contributed by atoms with van der Waals surface area (Å²) in [5, 5.41) is 5.44. The Balaban J connectivity index is 1.92. The highest BCUT2D eigenvalue weighted by atomic mass is 16.5. The topological polar surface area (TPSA) is 64.4 Å². The molecule has 1 saturated heterocycles. The Morgan fingerprint density at radius 1 is 1.28 bits per heavy atom. The minimum absolute atomic E-state index is 0.0949. The number of rotatable bonds is 3. The Bertz CT molecular complexity index is 783. The summed E-state index contributed by atoms with van der Waals surface area (Å²) in [5.74, 6) is -0.926. The zero-order chi connectivity index (χ0) is 18.0. The monoisotopic (exact) mass is 343 g/mol. The van der Waals surface area contributed by atoms with E-state index in [1.54, 1.807) is 11.8 Å². The predicted molar refractivity (Wildman–Crippen MR) is 94.9 cm³/mol. The van der Waals surface area contributed by atoms with E-state index in [0.29, 0.717) is 12.5 Å². The number of aromatic nitrogens is 2. The number of hydrogen-bond acceptors (Lipinski definition) is 4. The molecule has 2 heterocycles. The fourth-order valence-electron chi connectivity index (χ4n) is 3.60. The molecule has 0 aliphatic carbocycles. The van der Waals surface area contributed by atoms with Crippen LogP contribution in [-0.2, 0) is 20.9 Å². The van der Waals surface area contributed by atoms with E-state index >= 15 is 0 Å². The summed E-state index contributed by atoms with van der Waals surface area (Å²) in [7, 11) is 0. The minimum atomic E-state index is -0.763. The van der Waals surface area contributed by atoms with Crippen LogP contribution in [0.4, 0.5) is 0 Å².